The van der Waals surface area contributed by atoms with Crippen LogP contribution in [0.15, 0.2) is 24.3 Å². The number of halogens is 1. The zero-order valence-electron chi connectivity index (χ0n) is 10.4. The Morgan fingerprint density at radius 2 is 2.05 bits per heavy atom. The summed E-state index contributed by atoms with van der Waals surface area (Å²) in [4.78, 5) is 35.8. The molecular formula is C12H14ClN3O3. The summed E-state index contributed by atoms with van der Waals surface area (Å²) in [7, 11) is 0. The van der Waals surface area contributed by atoms with Crippen molar-refractivity contribution in [1.29, 1.82) is 0 Å². The summed E-state index contributed by atoms with van der Waals surface area (Å²) in [5.74, 6) is -2.25. The van der Waals surface area contributed by atoms with Crippen LogP contribution in [0.4, 0.5) is 11.4 Å². The molecule has 0 spiro atoms. The first-order chi connectivity index (χ1) is 8.97. The van der Waals surface area contributed by atoms with E-state index in [1.54, 1.807) is 12.1 Å². The van der Waals surface area contributed by atoms with Gasteiger partial charge in [-0.25, -0.2) is 4.90 Å². The molecule has 1 aromatic rings. The van der Waals surface area contributed by atoms with Gasteiger partial charge in [0.05, 0.1) is 5.69 Å². The highest BCUT2D eigenvalue weighted by Crippen LogP contribution is 2.18. The number of nitrogens with one attached hydrogen (secondary N) is 1. The number of amides is 3. The molecule has 0 aliphatic heterocycles. The number of carbonyl (C=O) groups excluding carboxylic acids is 3. The number of imide groups is 1. The first kappa shape index (κ1) is 15.0. The number of rotatable bonds is 3. The third-order valence-electron chi connectivity index (χ3n) is 2.22. The third-order valence-corrected chi connectivity index (χ3v) is 2.41. The number of alkyl halides is 1. The van der Waals surface area contributed by atoms with Gasteiger partial charge in [0.1, 0.15) is 0 Å². The van der Waals surface area contributed by atoms with Crippen molar-refractivity contribution >= 4 is 40.7 Å². The molecule has 0 fully saturated rings. The monoisotopic (exact) mass is 283 g/mol. The maximum Gasteiger partial charge on any atom is 0.323 e. The molecule has 0 saturated carbocycles. The van der Waals surface area contributed by atoms with E-state index in [-0.39, 0.29) is 18.1 Å². The molecule has 0 radical (unpaired) electrons. The summed E-state index contributed by atoms with van der Waals surface area (Å²) >= 11 is 5.41. The molecule has 1 rings (SSSR count). The van der Waals surface area contributed by atoms with E-state index < -0.39 is 17.7 Å². The molecule has 0 aliphatic rings. The van der Waals surface area contributed by atoms with Gasteiger partial charge >= 0.3 is 11.8 Å². The quantitative estimate of drug-likeness (QED) is 0.480. The number of benzene rings is 1. The van der Waals surface area contributed by atoms with E-state index >= 15 is 0 Å². The lowest BCUT2D eigenvalue weighted by Gasteiger charge is -2.18. The van der Waals surface area contributed by atoms with Crippen molar-refractivity contribution in [2.75, 3.05) is 23.1 Å². The Labute approximate surface area is 115 Å². The second kappa shape index (κ2) is 6.75. The topological polar surface area (TPSA) is 92.5 Å². The van der Waals surface area contributed by atoms with Crippen LogP contribution in [0.3, 0.4) is 0 Å². The van der Waals surface area contributed by atoms with Crippen LogP contribution in [0.5, 0.6) is 0 Å². The van der Waals surface area contributed by atoms with Crippen LogP contribution in [0, 0.1) is 0 Å². The fourth-order valence-electron chi connectivity index (χ4n) is 1.44. The normalized spacial score (nSPS) is 9.79. The van der Waals surface area contributed by atoms with Crippen LogP contribution in [0.25, 0.3) is 0 Å². The molecule has 0 atom stereocenters. The maximum atomic E-state index is 11.9. The van der Waals surface area contributed by atoms with Gasteiger partial charge < -0.3 is 11.1 Å². The van der Waals surface area contributed by atoms with E-state index in [4.69, 9.17) is 17.3 Å². The summed E-state index contributed by atoms with van der Waals surface area (Å²) in [6, 6.07) is 6.16. The lowest BCUT2D eigenvalue weighted by Crippen LogP contribution is -2.45. The second-order valence-corrected chi connectivity index (χ2v) is 4.08. The van der Waals surface area contributed by atoms with Gasteiger partial charge in [0.15, 0.2) is 0 Å². The minimum Gasteiger partial charge on any atom is -0.399 e. The predicted octanol–water partition coefficient (Wildman–Crippen LogP) is 0.503. The maximum absolute atomic E-state index is 11.9. The summed E-state index contributed by atoms with van der Waals surface area (Å²) < 4.78 is 0. The van der Waals surface area contributed by atoms with Crippen LogP contribution in [0.2, 0.25) is 0 Å². The van der Waals surface area contributed by atoms with E-state index in [2.05, 4.69) is 5.32 Å². The Morgan fingerprint density at radius 1 is 1.37 bits per heavy atom. The molecule has 3 N–H and O–H groups in total. The highest BCUT2D eigenvalue weighted by Gasteiger charge is 2.26. The van der Waals surface area contributed by atoms with Crippen LogP contribution in [-0.2, 0) is 14.4 Å². The average Bonchev–Trinajstić information content (AvgIpc) is 2.35. The van der Waals surface area contributed by atoms with Crippen molar-refractivity contribution < 1.29 is 14.4 Å². The fourth-order valence-corrected chi connectivity index (χ4v) is 1.54. The van der Waals surface area contributed by atoms with Crippen molar-refractivity contribution in [2.45, 2.75) is 6.92 Å². The van der Waals surface area contributed by atoms with E-state index in [1.807, 2.05) is 0 Å². The van der Waals surface area contributed by atoms with E-state index in [9.17, 15) is 14.4 Å². The Balaban J connectivity index is 2.98. The van der Waals surface area contributed by atoms with Gasteiger partial charge in [-0.1, -0.05) is 6.07 Å². The van der Waals surface area contributed by atoms with Crippen LogP contribution < -0.4 is 16.0 Å². The minimum atomic E-state index is -0.969. The molecule has 0 saturated heterocycles. The Hall–Kier alpha value is -2.08. The highest BCUT2D eigenvalue weighted by molar-refractivity contribution is 6.45. The lowest BCUT2D eigenvalue weighted by molar-refractivity contribution is -0.139. The summed E-state index contributed by atoms with van der Waals surface area (Å²) in [5, 5.41) is 2.31. The van der Waals surface area contributed by atoms with Gasteiger partial charge in [0.25, 0.3) is 0 Å². The summed E-state index contributed by atoms with van der Waals surface area (Å²) in [5.41, 5.74) is 6.22. The van der Waals surface area contributed by atoms with Gasteiger partial charge in [-0.05, 0) is 18.2 Å². The van der Waals surface area contributed by atoms with E-state index in [0.29, 0.717) is 5.69 Å². The number of nitrogens with zero attached hydrogens (tertiary/aromatic N) is 1. The number of anilines is 2. The Bertz CT molecular complexity index is 505. The van der Waals surface area contributed by atoms with Gasteiger partial charge in [0, 0.05) is 25.0 Å². The van der Waals surface area contributed by atoms with Crippen molar-refractivity contribution in [3.8, 4) is 0 Å². The molecule has 0 aliphatic carbocycles. The second-order valence-electron chi connectivity index (χ2n) is 3.70. The van der Waals surface area contributed by atoms with Crippen molar-refractivity contribution in [1.82, 2.24) is 5.32 Å². The molecule has 3 amide bonds. The molecule has 0 bridgehead atoms. The average molecular weight is 284 g/mol. The van der Waals surface area contributed by atoms with Crippen LogP contribution in [-0.4, -0.2) is 30.1 Å². The Kier molecular flexibility index (Phi) is 5.32. The van der Waals surface area contributed by atoms with Crippen molar-refractivity contribution in [3.05, 3.63) is 24.3 Å². The molecule has 0 aromatic heterocycles. The molecule has 0 unspecified atom stereocenters. The van der Waals surface area contributed by atoms with E-state index in [0.717, 1.165) is 4.90 Å². The van der Waals surface area contributed by atoms with Gasteiger partial charge in [-0.3, -0.25) is 14.4 Å². The molecule has 19 heavy (non-hydrogen) atoms. The first-order valence-corrected chi connectivity index (χ1v) is 6.05. The standard InChI is InChI=1S/C12H14ClN3O3/c1-8(17)16(10-4-2-3-9(14)7-10)12(19)11(18)15-6-5-13/h2-4,7H,5-6,14H2,1H3,(H,15,18). The Morgan fingerprint density at radius 3 is 2.58 bits per heavy atom. The number of hydrogen-bond donors (Lipinski definition) is 2. The van der Waals surface area contributed by atoms with Gasteiger partial charge in [-0.2, -0.15) is 0 Å². The number of hydrogen-bond acceptors (Lipinski definition) is 4. The largest absolute Gasteiger partial charge is 0.399 e. The smallest absolute Gasteiger partial charge is 0.323 e. The molecule has 7 heteroatoms. The molecule has 6 nitrogen and oxygen atoms in total. The third kappa shape index (κ3) is 3.96. The lowest BCUT2D eigenvalue weighted by atomic mass is 10.2. The number of nitrogen functional groups attached to an aromatic ring is 1. The van der Waals surface area contributed by atoms with Gasteiger partial charge in [0.2, 0.25) is 5.91 Å². The van der Waals surface area contributed by atoms with Crippen molar-refractivity contribution in [2.24, 2.45) is 0 Å². The van der Waals surface area contributed by atoms with Gasteiger partial charge in [-0.15, -0.1) is 11.6 Å². The molecule has 102 valence electrons. The molecule has 0 heterocycles. The minimum absolute atomic E-state index is 0.148. The SMILES string of the molecule is CC(=O)N(C(=O)C(=O)NCCCl)c1cccc(N)c1. The summed E-state index contributed by atoms with van der Waals surface area (Å²) in [6.07, 6.45) is 0. The zero-order valence-corrected chi connectivity index (χ0v) is 11.1. The first-order valence-electron chi connectivity index (χ1n) is 5.51. The van der Waals surface area contributed by atoms with Crippen LogP contribution in [0.1, 0.15) is 6.92 Å². The van der Waals surface area contributed by atoms with Crippen molar-refractivity contribution in [3.63, 3.8) is 0 Å². The molecular weight excluding hydrogens is 270 g/mol. The summed E-state index contributed by atoms with van der Waals surface area (Å²) in [6.45, 7) is 1.34. The fraction of sp³-hybridized carbons (Fsp3) is 0.250. The molecule has 1 aromatic carbocycles. The van der Waals surface area contributed by atoms with Crippen LogP contribution >= 0.6 is 11.6 Å². The number of nitrogens with two attached hydrogens (primary N) is 1. The predicted molar refractivity (Wildman–Crippen MR) is 72.8 cm³/mol. The zero-order chi connectivity index (χ0) is 14.4. The van der Waals surface area contributed by atoms with E-state index in [1.165, 1.54) is 19.1 Å². The highest BCUT2D eigenvalue weighted by atomic mass is 35.5. The number of carbonyl (C=O) groups is 3.